The molecule has 2 rings (SSSR count). The molecule has 2 aromatic rings. The predicted molar refractivity (Wildman–Crippen MR) is 84.5 cm³/mol. The molecule has 0 aliphatic rings. The van der Waals surface area contributed by atoms with E-state index in [1.165, 1.54) is 0 Å². The molecule has 3 N–H and O–H groups in total. The number of nitrogens with two attached hydrogens (primary N) is 1. The summed E-state index contributed by atoms with van der Waals surface area (Å²) in [7, 11) is 0. The van der Waals surface area contributed by atoms with Gasteiger partial charge in [-0.25, -0.2) is 4.98 Å². The maximum absolute atomic E-state index is 11.7. The molecule has 0 saturated heterocycles. The second-order valence-electron chi connectivity index (χ2n) is 4.65. The van der Waals surface area contributed by atoms with Crippen LogP contribution in [0.15, 0.2) is 29.6 Å². The van der Waals surface area contributed by atoms with Crippen LogP contribution in [0.2, 0.25) is 0 Å². The molecule has 1 aromatic carbocycles. The van der Waals surface area contributed by atoms with Gasteiger partial charge in [-0.3, -0.25) is 4.79 Å². The standard InChI is InChI=1S/C15H19N3O2S/c1-11-10-21-15(18-11)5-7-17-14(19)6-8-20-13-4-2-3-12(16)9-13/h2-4,9-10H,5-8,16H2,1H3,(H,17,19). The highest BCUT2D eigenvalue weighted by atomic mass is 32.1. The number of hydrogen-bond donors (Lipinski definition) is 2. The van der Waals surface area contributed by atoms with Gasteiger partial charge < -0.3 is 15.8 Å². The monoisotopic (exact) mass is 305 g/mol. The molecule has 6 heteroatoms. The maximum Gasteiger partial charge on any atom is 0.223 e. The third-order valence-electron chi connectivity index (χ3n) is 2.78. The molecule has 0 spiro atoms. The molecule has 0 fully saturated rings. The fraction of sp³-hybridized carbons (Fsp3) is 0.333. The molecule has 0 unspecified atom stereocenters. The second kappa shape index (κ2) is 7.64. The van der Waals surface area contributed by atoms with Gasteiger partial charge >= 0.3 is 0 Å². The summed E-state index contributed by atoms with van der Waals surface area (Å²) in [5.41, 5.74) is 7.32. The number of ether oxygens (including phenoxy) is 1. The second-order valence-corrected chi connectivity index (χ2v) is 5.60. The number of aryl methyl sites for hydroxylation is 1. The lowest BCUT2D eigenvalue weighted by Gasteiger charge is -2.07. The quantitative estimate of drug-likeness (QED) is 0.769. The number of thiazole rings is 1. The Labute approximate surface area is 128 Å². The Kier molecular flexibility index (Phi) is 5.57. The van der Waals surface area contributed by atoms with E-state index in [0.29, 0.717) is 31.0 Å². The minimum absolute atomic E-state index is 0.0211. The Hall–Kier alpha value is -2.08. The molecule has 0 saturated carbocycles. The number of benzene rings is 1. The van der Waals surface area contributed by atoms with E-state index in [4.69, 9.17) is 10.5 Å². The molecule has 1 heterocycles. The zero-order valence-corrected chi connectivity index (χ0v) is 12.8. The van der Waals surface area contributed by atoms with Crippen LogP contribution in [-0.2, 0) is 11.2 Å². The molecular formula is C15H19N3O2S. The van der Waals surface area contributed by atoms with Crippen molar-refractivity contribution < 1.29 is 9.53 Å². The van der Waals surface area contributed by atoms with Crippen LogP contribution in [0.4, 0.5) is 5.69 Å². The van der Waals surface area contributed by atoms with Crippen LogP contribution in [-0.4, -0.2) is 24.0 Å². The number of rotatable bonds is 7. The van der Waals surface area contributed by atoms with Gasteiger partial charge in [-0.15, -0.1) is 11.3 Å². The van der Waals surface area contributed by atoms with Crippen molar-refractivity contribution in [2.45, 2.75) is 19.8 Å². The van der Waals surface area contributed by atoms with Gasteiger partial charge in [0.05, 0.1) is 18.0 Å². The van der Waals surface area contributed by atoms with Crippen LogP contribution in [0.3, 0.4) is 0 Å². The molecule has 112 valence electrons. The van der Waals surface area contributed by atoms with Crippen molar-refractivity contribution in [3.63, 3.8) is 0 Å². The van der Waals surface area contributed by atoms with E-state index in [0.717, 1.165) is 17.1 Å². The molecule has 5 nitrogen and oxygen atoms in total. The van der Waals surface area contributed by atoms with Crippen molar-refractivity contribution in [2.24, 2.45) is 0 Å². The average Bonchev–Trinajstić information content (AvgIpc) is 2.84. The van der Waals surface area contributed by atoms with E-state index < -0.39 is 0 Å². The van der Waals surface area contributed by atoms with Crippen LogP contribution in [0, 0.1) is 6.92 Å². The van der Waals surface area contributed by atoms with E-state index in [1.807, 2.05) is 24.4 Å². The predicted octanol–water partition coefficient (Wildman–Crippen LogP) is 2.16. The Morgan fingerprint density at radius 2 is 2.33 bits per heavy atom. The first-order valence-electron chi connectivity index (χ1n) is 6.79. The topological polar surface area (TPSA) is 77.2 Å². The van der Waals surface area contributed by atoms with Crippen LogP contribution < -0.4 is 15.8 Å². The van der Waals surface area contributed by atoms with Crippen molar-refractivity contribution in [2.75, 3.05) is 18.9 Å². The van der Waals surface area contributed by atoms with Gasteiger partial charge in [0.15, 0.2) is 0 Å². The first-order valence-corrected chi connectivity index (χ1v) is 7.67. The SMILES string of the molecule is Cc1csc(CCNC(=O)CCOc2cccc(N)c2)n1. The smallest absolute Gasteiger partial charge is 0.223 e. The highest BCUT2D eigenvalue weighted by molar-refractivity contribution is 7.09. The number of aromatic nitrogens is 1. The first-order chi connectivity index (χ1) is 10.1. The van der Waals surface area contributed by atoms with Gasteiger partial charge in [-0.2, -0.15) is 0 Å². The van der Waals surface area contributed by atoms with Gasteiger partial charge in [-0.05, 0) is 19.1 Å². The molecule has 1 amide bonds. The van der Waals surface area contributed by atoms with E-state index in [2.05, 4.69) is 10.3 Å². The normalized spacial score (nSPS) is 10.3. The van der Waals surface area contributed by atoms with E-state index in [-0.39, 0.29) is 5.91 Å². The largest absolute Gasteiger partial charge is 0.493 e. The summed E-state index contributed by atoms with van der Waals surface area (Å²) in [5, 5.41) is 5.92. The Balaban J connectivity index is 1.61. The summed E-state index contributed by atoms with van der Waals surface area (Å²) in [6.45, 7) is 2.90. The fourth-order valence-corrected chi connectivity index (χ4v) is 2.56. The minimum Gasteiger partial charge on any atom is -0.493 e. The van der Waals surface area contributed by atoms with Gasteiger partial charge in [-0.1, -0.05) is 6.07 Å². The summed E-state index contributed by atoms with van der Waals surface area (Å²) < 4.78 is 5.47. The van der Waals surface area contributed by atoms with Gasteiger partial charge in [0.2, 0.25) is 5.91 Å². The zero-order valence-electron chi connectivity index (χ0n) is 12.0. The van der Waals surface area contributed by atoms with Crippen LogP contribution in [0.5, 0.6) is 5.75 Å². The summed E-state index contributed by atoms with van der Waals surface area (Å²) in [5.74, 6) is 0.660. The van der Waals surface area contributed by atoms with E-state index in [9.17, 15) is 4.79 Å². The van der Waals surface area contributed by atoms with E-state index >= 15 is 0 Å². The third-order valence-corrected chi connectivity index (χ3v) is 3.81. The van der Waals surface area contributed by atoms with Gasteiger partial charge in [0, 0.05) is 35.8 Å². The van der Waals surface area contributed by atoms with Crippen LogP contribution in [0.25, 0.3) is 0 Å². The number of amides is 1. The van der Waals surface area contributed by atoms with Gasteiger partial charge in [0.1, 0.15) is 5.75 Å². The van der Waals surface area contributed by atoms with Crippen molar-refractivity contribution in [3.8, 4) is 5.75 Å². The van der Waals surface area contributed by atoms with Crippen LogP contribution >= 0.6 is 11.3 Å². The lowest BCUT2D eigenvalue weighted by Crippen LogP contribution is -2.27. The fourth-order valence-electron chi connectivity index (χ4n) is 1.78. The lowest BCUT2D eigenvalue weighted by molar-refractivity contribution is -0.121. The molecule has 0 atom stereocenters. The van der Waals surface area contributed by atoms with Crippen molar-refractivity contribution >= 4 is 22.9 Å². The number of carbonyl (C=O) groups is 1. The molecular weight excluding hydrogens is 286 g/mol. The van der Waals surface area contributed by atoms with Crippen LogP contribution in [0.1, 0.15) is 17.1 Å². The Morgan fingerprint density at radius 3 is 3.05 bits per heavy atom. The molecule has 0 bridgehead atoms. The number of carbonyl (C=O) groups excluding carboxylic acids is 1. The minimum atomic E-state index is -0.0211. The lowest BCUT2D eigenvalue weighted by atomic mass is 10.3. The van der Waals surface area contributed by atoms with Crippen molar-refractivity contribution in [3.05, 3.63) is 40.3 Å². The molecule has 0 radical (unpaired) electrons. The van der Waals surface area contributed by atoms with Crippen molar-refractivity contribution in [1.82, 2.24) is 10.3 Å². The summed E-state index contributed by atoms with van der Waals surface area (Å²) in [6, 6.07) is 7.17. The van der Waals surface area contributed by atoms with E-state index in [1.54, 1.807) is 23.5 Å². The highest BCUT2D eigenvalue weighted by Crippen LogP contribution is 2.14. The Morgan fingerprint density at radius 1 is 1.48 bits per heavy atom. The number of anilines is 1. The highest BCUT2D eigenvalue weighted by Gasteiger charge is 2.03. The zero-order chi connectivity index (χ0) is 15.1. The van der Waals surface area contributed by atoms with Gasteiger partial charge in [0.25, 0.3) is 0 Å². The molecule has 0 aliphatic carbocycles. The molecule has 1 aromatic heterocycles. The first kappa shape index (κ1) is 15.3. The number of nitrogens with zero attached hydrogens (tertiary/aromatic N) is 1. The number of nitrogen functional groups attached to an aromatic ring is 1. The molecule has 0 aliphatic heterocycles. The maximum atomic E-state index is 11.7. The average molecular weight is 305 g/mol. The number of hydrogen-bond acceptors (Lipinski definition) is 5. The summed E-state index contributed by atoms with van der Waals surface area (Å²) in [4.78, 5) is 16.0. The molecule has 21 heavy (non-hydrogen) atoms. The van der Waals surface area contributed by atoms with Crippen molar-refractivity contribution in [1.29, 1.82) is 0 Å². The summed E-state index contributed by atoms with van der Waals surface area (Å²) >= 11 is 1.62. The third kappa shape index (κ3) is 5.43. The Bertz CT molecular complexity index is 598. The summed E-state index contributed by atoms with van der Waals surface area (Å²) in [6.07, 6.45) is 1.09. The number of nitrogens with one attached hydrogen (secondary N) is 1.